The lowest BCUT2D eigenvalue weighted by atomic mass is 10.1. The first-order valence-corrected chi connectivity index (χ1v) is 16.3. The molecule has 4 aliphatic heterocycles. The number of anilines is 1. The molecule has 2 amide bonds. The molecule has 3 atom stereocenters. The number of hydrogen-bond acceptors (Lipinski definition) is 9. The molecule has 6 rings (SSSR count). The van der Waals surface area contributed by atoms with Crippen molar-refractivity contribution in [1.82, 2.24) is 9.80 Å². The Bertz CT molecular complexity index is 1620. The Morgan fingerprint density at radius 2 is 1.43 bits per heavy atom. The van der Waals surface area contributed by atoms with E-state index in [0.29, 0.717) is 78.2 Å². The van der Waals surface area contributed by atoms with E-state index in [1.165, 1.54) is 0 Å². The van der Waals surface area contributed by atoms with Crippen molar-refractivity contribution in [3.05, 3.63) is 59.7 Å². The van der Waals surface area contributed by atoms with Crippen molar-refractivity contribution in [2.24, 2.45) is 4.99 Å². The summed E-state index contributed by atoms with van der Waals surface area (Å²) in [7, 11) is 3.12. The maximum Gasteiger partial charge on any atom is 0.257 e. The Hall–Kier alpha value is -4.51. The topological polar surface area (TPSA) is 113 Å². The lowest BCUT2D eigenvalue weighted by Gasteiger charge is -2.36. The number of methoxy groups -OCH3 is 2. The summed E-state index contributed by atoms with van der Waals surface area (Å²) in [6, 6.07) is 6.52. The van der Waals surface area contributed by atoms with Crippen LogP contribution in [0.2, 0.25) is 0 Å². The van der Waals surface area contributed by atoms with E-state index in [0.717, 1.165) is 36.8 Å². The summed E-state index contributed by atoms with van der Waals surface area (Å²) in [5, 5.41) is 11.4. The van der Waals surface area contributed by atoms with E-state index in [9.17, 15) is 14.7 Å². The number of hydrogen-bond donors (Lipinski definition) is 1. The zero-order valence-corrected chi connectivity index (χ0v) is 27.7. The second-order valence-electron chi connectivity index (χ2n) is 12.9. The van der Waals surface area contributed by atoms with Crippen LogP contribution in [0.25, 0.3) is 0 Å². The molecule has 11 nitrogen and oxygen atoms in total. The summed E-state index contributed by atoms with van der Waals surface area (Å²) in [6.45, 7) is 14.0. The van der Waals surface area contributed by atoms with Gasteiger partial charge in [0, 0.05) is 37.5 Å². The minimum Gasteiger partial charge on any atom is -0.493 e. The summed E-state index contributed by atoms with van der Waals surface area (Å²) in [6.07, 6.45) is 4.61. The summed E-state index contributed by atoms with van der Waals surface area (Å²) in [5.41, 5.74) is 4.13. The number of carbonyl (C=O) groups excluding carboxylic acids is 2. The number of nitrogens with zero attached hydrogens (tertiary/aromatic N) is 4. The number of ether oxygens (including phenoxy) is 4. The first kappa shape index (κ1) is 32.4. The number of unbranched alkanes of at least 4 members (excludes halogenated alkanes) is 2. The van der Waals surface area contributed by atoms with Crippen LogP contribution in [-0.2, 0) is 0 Å². The minimum absolute atomic E-state index is 0.0602. The van der Waals surface area contributed by atoms with E-state index < -0.39 is 6.23 Å². The minimum atomic E-state index is -0.871. The number of aliphatic hydroxyl groups excluding tert-OH is 1. The number of benzene rings is 2. The first-order valence-electron chi connectivity index (χ1n) is 16.3. The normalized spacial score (nSPS) is 21.7. The van der Waals surface area contributed by atoms with Crippen molar-refractivity contribution >= 4 is 29.4 Å². The fourth-order valence-corrected chi connectivity index (χ4v) is 6.94. The molecule has 0 saturated carbocycles. The van der Waals surface area contributed by atoms with Gasteiger partial charge in [0.1, 0.15) is 6.23 Å². The van der Waals surface area contributed by atoms with Crippen molar-refractivity contribution in [3.63, 3.8) is 0 Å². The average molecular weight is 645 g/mol. The Labute approximate surface area is 276 Å². The van der Waals surface area contributed by atoms with Crippen molar-refractivity contribution in [2.45, 2.75) is 70.3 Å². The predicted octanol–water partition coefficient (Wildman–Crippen LogP) is 5.14. The highest BCUT2D eigenvalue weighted by molar-refractivity contribution is 6.04. The van der Waals surface area contributed by atoms with Crippen molar-refractivity contribution in [3.8, 4) is 23.0 Å². The molecule has 2 fully saturated rings. The van der Waals surface area contributed by atoms with E-state index >= 15 is 0 Å². The Morgan fingerprint density at radius 1 is 0.830 bits per heavy atom. The number of fused-ring (bicyclic) bond motifs is 4. The number of carbonyl (C=O) groups is 2. The fraction of sp³-hybridized carbons (Fsp3) is 0.472. The van der Waals surface area contributed by atoms with Crippen LogP contribution >= 0.6 is 0 Å². The van der Waals surface area contributed by atoms with E-state index in [1.54, 1.807) is 42.2 Å². The SMILES string of the molecule is C=C1C[C@H]2C=Nc3cc(OCCCCCOc4cc5c(cc4OC)C(=O)N4CC(=C)C[C@H]4C(O)N5C(C)C)c(OC)cc3C(=O)N2C1. The van der Waals surface area contributed by atoms with Gasteiger partial charge < -0.3 is 38.8 Å². The van der Waals surface area contributed by atoms with E-state index in [2.05, 4.69) is 18.2 Å². The van der Waals surface area contributed by atoms with Crippen LogP contribution in [0.3, 0.4) is 0 Å². The highest BCUT2D eigenvalue weighted by Gasteiger charge is 2.44. The fourth-order valence-electron chi connectivity index (χ4n) is 6.94. The molecule has 2 saturated heterocycles. The van der Waals surface area contributed by atoms with Gasteiger partial charge in [-0.3, -0.25) is 14.6 Å². The number of amides is 2. The Kier molecular flexibility index (Phi) is 9.18. The molecule has 0 spiro atoms. The molecule has 4 aliphatic rings. The van der Waals surface area contributed by atoms with Gasteiger partial charge in [0.05, 0.1) is 62.0 Å². The van der Waals surface area contributed by atoms with E-state index in [4.69, 9.17) is 18.9 Å². The summed E-state index contributed by atoms with van der Waals surface area (Å²) in [4.78, 5) is 36.8. The second-order valence-corrected chi connectivity index (χ2v) is 12.9. The standard InChI is InChI=1S/C36H44N4O7/c1-21(2)40-28-17-33(31(45-6)15-26(28)35(42)39-20-23(4)13-29(39)36(40)43)47-11-9-7-8-10-46-32-16-27-25(14-30(32)44-5)34(41)38-19-22(3)12-24(38)18-37-27/h14-18,21,24,29,36,43H,3-4,7-13,19-20H2,1-2,5-6H3/t24-,29-,36?/m0/s1. The Balaban J connectivity index is 1.07. The number of aliphatic imine (C=N–C) groups is 1. The molecule has 2 aromatic carbocycles. The van der Waals surface area contributed by atoms with Gasteiger partial charge in [-0.25, -0.2) is 0 Å². The summed E-state index contributed by atoms with van der Waals surface area (Å²) in [5.74, 6) is 1.80. The lowest BCUT2D eigenvalue weighted by molar-refractivity contribution is 0.0497. The van der Waals surface area contributed by atoms with Crippen LogP contribution in [-0.4, -0.2) is 97.8 Å². The predicted molar refractivity (Wildman–Crippen MR) is 180 cm³/mol. The monoisotopic (exact) mass is 644 g/mol. The molecular weight excluding hydrogens is 600 g/mol. The molecule has 1 N–H and O–H groups in total. The van der Waals surface area contributed by atoms with E-state index in [-0.39, 0.29) is 29.9 Å². The van der Waals surface area contributed by atoms with Crippen LogP contribution in [0.15, 0.2) is 53.6 Å². The summed E-state index contributed by atoms with van der Waals surface area (Å²) < 4.78 is 23.5. The number of rotatable bonds is 11. The summed E-state index contributed by atoms with van der Waals surface area (Å²) >= 11 is 0. The molecule has 1 unspecified atom stereocenters. The molecule has 250 valence electrons. The lowest BCUT2D eigenvalue weighted by Crippen LogP contribution is -2.50. The molecule has 0 radical (unpaired) electrons. The largest absolute Gasteiger partial charge is 0.493 e. The average Bonchev–Trinajstić information content (AvgIpc) is 3.58. The number of aliphatic hydroxyl groups is 1. The zero-order chi connectivity index (χ0) is 33.4. The van der Waals surface area contributed by atoms with Crippen molar-refractivity contribution in [2.75, 3.05) is 45.4 Å². The molecule has 0 bridgehead atoms. The molecule has 2 aromatic rings. The van der Waals surface area contributed by atoms with Gasteiger partial charge in [0.25, 0.3) is 11.8 Å². The highest BCUT2D eigenvalue weighted by Crippen LogP contribution is 2.43. The smallest absolute Gasteiger partial charge is 0.257 e. The second kappa shape index (κ2) is 13.3. The van der Waals surface area contributed by atoms with Crippen LogP contribution in [0, 0.1) is 0 Å². The molecule has 0 aliphatic carbocycles. The van der Waals surface area contributed by atoms with Gasteiger partial charge >= 0.3 is 0 Å². The molecular formula is C36H44N4O7. The molecule has 0 aromatic heterocycles. The molecule has 11 heteroatoms. The quantitative estimate of drug-likeness (QED) is 0.265. The third-order valence-corrected chi connectivity index (χ3v) is 9.28. The van der Waals surface area contributed by atoms with Gasteiger partial charge in [-0.05, 0) is 58.1 Å². The maximum atomic E-state index is 13.6. The third kappa shape index (κ3) is 6.16. The zero-order valence-electron chi connectivity index (χ0n) is 27.7. The molecule has 47 heavy (non-hydrogen) atoms. The first-order chi connectivity index (χ1) is 22.6. The maximum absolute atomic E-state index is 13.6. The Morgan fingerprint density at radius 3 is 2.09 bits per heavy atom. The van der Waals surface area contributed by atoms with E-state index in [1.807, 2.05) is 31.0 Å². The van der Waals surface area contributed by atoms with Gasteiger partial charge in [0.15, 0.2) is 23.0 Å². The third-order valence-electron chi connectivity index (χ3n) is 9.28. The van der Waals surface area contributed by atoms with Gasteiger partial charge in [0.2, 0.25) is 0 Å². The van der Waals surface area contributed by atoms with Crippen molar-refractivity contribution < 1.29 is 33.6 Å². The van der Waals surface area contributed by atoms with Gasteiger partial charge in [-0.2, -0.15) is 0 Å². The van der Waals surface area contributed by atoms with Crippen molar-refractivity contribution in [1.29, 1.82) is 0 Å². The van der Waals surface area contributed by atoms with Crippen LogP contribution in [0.5, 0.6) is 23.0 Å². The van der Waals surface area contributed by atoms with Crippen LogP contribution in [0.1, 0.15) is 66.7 Å². The molecule has 4 heterocycles. The van der Waals surface area contributed by atoms with Gasteiger partial charge in [-0.15, -0.1) is 0 Å². The van der Waals surface area contributed by atoms with Gasteiger partial charge in [-0.1, -0.05) is 24.3 Å². The van der Waals surface area contributed by atoms with Crippen LogP contribution < -0.4 is 23.8 Å². The van der Waals surface area contributed by atoms with Crippen LogP contribution in [0.4, 0.5) is 11.4 Å². The highest BCUT2D eigenvalue weighted by atomic mass is 16.5.